The van der Waals surface area contributed by atoms with Crippen LogP contribution in [0.4, 0.5) is 0 Å². The molecule has 0 aliphatic rings. The van der Waals surface area contributed by atoms with Crippen LogP contribution in [-0.4, -0.2) is 24.8 Å². The van der Waals surface area contributed by atoms with Crippen LogP contribution in [0.15, 0.2) is 22.8 Å². The van der Waals surface area contributed by atoms with Crippen LogP contribution in [0.1, 0.15) is 24.4 Å². The highest BCUT2D eigenvalue weighted by molar-refractivity contribution is 6.10. The zero-order chi connectivity index (χ0) is 11.4. The molecule has 0 saturated carbocycles. The zero-order valence-corrected chi connectivity index (χ0v) is 9.02. The molecular weight excluding hydrogens is 196 g/mol. The molecule has 82 valence electrons. The van der Waals surface area contributed by atoms with Gasteiger partial charge >= 0.3 is 0 Å². The van der Waals surface area contributed by atoms with E-state index >= 15 is 0 Å². The van der Waals surface area contributed by atoms with E-state index in [0.717, 1.165) is 0 Å². The Balaban J connectivity index is 2.73. The molecule has 1 heterocycles. The maximum atomic E-state index is 11.7. The SMILES string of the molecule is COC(C)C(=O)C(C)C(=O)c1ccco1. The Morgan fingerprint density at radius 2 is 2.07 bits per heavy atom. The van der Waals surface area contributed by atoms with E-state index in [1.165, 1.54) is 13.4 Å². The first-order valence-electron chi connectivity index (χ1n) is 4.72. The number of hydrogen-bond donors (Lipinski definition) is 0. The normalized spacial score (nSPS) is 14.6. The predicted octanol–water partition coefficient (Wildman–Crippen LogP) is 1.70. The highest BCUT2D eigenvalue weighted by atomic mass is 16.5. The van der Waals surface area contributed by atoms with Crippen LogP contribution < -0.4 is 0 Å². The van der Waals surface area contributed by atoms with E-state index < -0.39 is 12.0 Å². The Labute approximate surface area is 88.2 Å². The van der Waals surface area contributed by atoms with Gasteiger partial charge in [-0.1, -0.05) is 0 Å². The predicted molar refractivity (Wildman–Crippen MR) is 53.7 cm³/mol. The number of ether oxygens (including phenoxy) is 1. The van der Waals surface area contributed by atoms with E-state index in [2.05, 4.69) is 0 Å². The average molecular weight is 210 g/mol. The number of furan rings is 1. The number of hydrogen-bond acceptors (Lipinski definition) is 4. The van der Waals surface area contributed by atoms with Crippen LogP contribution in [0.5, 0.6) is 0 Å². The van der Waals surface area contributed by atoms with E-state index in [0.29, 0.717) is 0 Å². The van der Waals surface area contributed by atoms with Gasteiger partial charge in [0.05, 0.1) is 12.2 Å². The highest BCUT2D eigenvalue weighted by Gasteiger charge is 2.28. The summed E-state index contributed by atoms with van der Waals surface area (Å²) in [4.78, 5) is 23.3. The van der Waals surface area contributed by atoms with Gasteiger partial charge in [-0.3, -0.25) is 9.59 Å². The lowest BCUT2D eigenvalue weighted by Crippen LogP contribution is -2.30. The van der Waals surface area contributed by atoms with Gasteiger partial charge in [-0.15, -0.1) is 0 Å². The van der Waals surface area contributed by atoms with Crippen molar-refractivity contribution in [2.24, 2.45) is 5.92 Å². The lowest BCUT2D eigenvalue weighted by Gasteiger charge is -2.12. The van der Waals surface area contributed by atoms with Crippen LogP contribution in [0.3, 0.4) is 0 Å². The third-order valence-electron chi connectivity index (χ3n) is 2.34. The molecule has 0 bridgehead atoms. The Morgan fingerprint density at radius 1 is 1.40 bits per heavy atom. The number of rotatable bonds is 5. The zero-order valence-electron chi connectivity index (χ0n) is 9.02. The second kappa shape index (κ2) is 4.89. The van der Waals surface area contributed by atoms with Gasteiger partial charge < -0.3 is 9.15 Å². The lowest BCUT2D eigenvalue weighted by molar-refractivity contribution is -0.130. The Kier molecular flexibility index (Phi) is 3.80. The topological polar surface area (TPSA) is 56.5 Å². The molecule has 4 nitrogen and oxygen atoms in total. The molecule has 1 aromatic heterocycles. The fourth-order valence-electron chi connectivity index (χ4n) is 1.23. The molecule has 0 aliphatic carbocycles. The third-order valence-corrected chi connectivity index (χ3v) is 2.34. The quantitative estimate of drug-likeness (QED) is 0.548. The summed E-state index contributed by atoms with van der Waals surface area (Å²) in [5.41, 5.74) is 0. The summed E-state index contributed by atoms with van der Waals surface area (Å²) < 4.78 is 9.81. The maximum Gasteiger partial charge on any atom is 0.208 e. The van der Waals surface area contributed by atoms with Gasteiger partial charge in [0.2, 0.25) is 5.78 Å². The molecule has 0 radical (unpaired) electrons. The van der Waals surface area contributed by atoms with Crippen molar-refractivity contribution in [3.05, 3.63) is 24.2 Å². The molecule has 0 spiro atoms. The molecule has 4 heteroatoms. The summed E-state index contributed by atoms with van der Waals surface area (Å²) in [5, 5.41) is 0. The Morgan fingerprint density at radius 3 is 2.53 bits per heavy atom. The van der Waals surface area contributed by atoms with Crippen LogP contribution in [0.2, 0.25) is 0 Å². The number of Topliss-reactive ketones (excluding diaryl/α,β-unsaturated/α-hetero) is 2. The van der Waals surface area contributed by atoms with Crippen molar-refractivity contribution in [3.63, 3.8) is 0 Å². The van der Waals surface area contributed by atoms with Crippen LogP contribution in [0, 0.1) is 5.92 Å². The van der Waals surface area contributed by atoms with E-state index in [9.17, 15) is 9.59 Å². The summed E-state index contributed by atoms with van der Waals surface area (Å²) >= 11 is 0. The van der Waals surface area contributed by atoms with E-state index in [-0.39, 0.29) is 17.3 Å². The minimum atomic E-state index is -0.730. The first-order valence-corrected chi connectivity index (χ1v) is 4.72. The molecule has 0 saturated heterocycles. The summed E-state index contributed by atoms with van der Waals surface area (Å²) in [6.45, 7) is 3.18. The molecule has 15 heavy (non-hydrogen) atoms. The summed E-state index contributed by atoms with van der Waals surface area (Å²) in [7, 11) is 1.44. The smallest absolute Gasteiger partial charge is 0.208 e. The lowest BCUT2D eigenvalue weighted by atomic mass is 9.96. The largest absolute Gasteiger partial charge is 0.461 e. The Hall–Kier alpha value is -1.42. The first kappa shape index (κ1) is 11.7. The van der Waals surface area contributed by atoms with Gasteiger partial charge in [0.1, 0.15) is 6.10 Å². The van der Waals surface area contributed by atoms with Crippen molar-refractivity contribution in [2.45, 2.75) is 20.0 Å². The van der Waals surface area contributed by atoms with Gasteiger partial charge in [0.25, 0.3) is 0 Å². The number of methoxy groups -OCH3 is 1. The Bertz CT molecular complexity index is 339. The first-order chi connectivity index (χ1) is 7.07. The van der Waals surface area contributed by atoms with Gasteiger partial charge in [0.15, 0.2) is 11.5 Å². The van der Waals surface area contributed by atoms with Crippen molar-refractivity contribution in [1.29, 1.82) is 0 Å². The van der Waals surface area contributed by atoms with Crippen molar-refractivity contribution in [2.75, 3.05) is 7.11 Å². The van der Waals surface area contributed by atoms with Crippen LogP contribution in [0.25, 0.3) is 0 Å². The maximum absolute atomic E-state index is 11.7. The molecule has 1 aromatic rings. The number of carbonyl (C=O) groups is 2. The number of ketones is 2. The van der Waals surface area contributed by atoms with E-state index in [1.54, 1.807) is 26.0 Å². The molecule has 1 rings (SSSR count). The van der Waals surface area contributed by atoms with Crippen molar-refractivity contribution in [3.8, 4) is 0 Å². The van der Waals surface area contributed by atoms with Crippen molar-refractivity contribution < 1.29 is 18.7 Å². The molecule has 0 amide bonds. The van der Waals surface area contributed by atoms with Crippen LogP contribution >= 0.6 is 0 Å². The monoisotopic (exact) mass is 210 g/mol. The molecule has 0 aliphatic heterocycles. The molecule has 0 aromatic carbocycles. The van der Waals surface area contributed by atoms with Gasteiger partial charge in [-0.25, -0.2) is 0 Å². The van der Waals surface area contributed by atoms with Crippen LogP contribution in [-0.2, 0) is 9.53 Å². The van der Waals surface area contributed by atoms with Gasteiger partial charge in [-0.2, -0.15) is 0 Å². The fraction of sp³-hybridized carbons (Fsp3) is 0.455. The van der Waals surface area contributed by atoms with Gasteiger partial charge in [-0.05, 0) is 26.0 Å². The summed E-state index contributed by atoms with van der Waals surface area (Å²) in [6.07, 6.45) is 0.836. The third kappa shape index (κ3) is 2.53. The minimum Gasteiger partial charge on any atom is -0.461 e. The van der Waals surface area contributed by atoms with E-state index in [4.69, 9.17) is 9.15 Å². The van der Waals surface area contributed by atoms with E-state index in [1.807, 2.05) is 0 Å². The molecule has 2 unspecified atom stereocenters. The van der Waals surface area contributed by atoms with Crippen molar-refractivity contribution >= 4 is 11.6 Å². The second-order valence-electron chi connectivity index (χ2n) is 3.34. The second-order valence-corrected chi connectivity index (χ2v) is 3.34. The average Bonchev–Trinajstić information content (AvgIpc) is 2.78. The minimum absolute atomic E-state index is 0.208. The standard InChI is InChI=1S/C11H14O4/c1-7(10(12)8(2)14-3)11(13)9-5-4-6-15-9/h4-8H,1-3H3. The number of carbonyl (C=O) groups excluding carboxylic acids is 2. The van der Waals surface area contributed by atoms with Gasteiger partial charge in [0, 0.05) is 7.11 Å². The highest BCUT2D eigenvalue weighted by Crippen LogP contribution is 2.12. The molecule has 0 fully saturated rings. The summed E-state index contributed by atoms with van der Waals surface area (Å²) in [5.74, 6) is -1.07. The summed E-state index contributed by atoms with van der Waals surface area (Å²) in [6, 6.07) is 3.16. The molecule has 2 atom stereocenters. The fourth-order valence-corrected chi connectivity index (χ4v) is 1.23. The van der Waals surface area contributed by atoms with Crippen molar-refractivity contribution in [1.82, 2.24) is 0 Å². The molecule has 0 N–H and O–H groups in total. The molecular formula is C11H14O4.